The number of β-amino-alcohol motifs (C(OH)–C–C–N with tert-alkyl or cyclic N) is 2. The smallest absolute Gasteiger partial charge is 0.347 e. The van der Waals surface area contributed by atoms with Crippen LogP contribution in [0.25, 0.3) is 0 Å². The zero-order chi connectivity index (χ0) is 27.5. The van der Waals surface area contributed by atoms with Gasteiger partial charge in [-0.1, -0.05) is 18.2 Å². The molecule has 2 aromatic carbocycles. The normalized spacial score (nSPS) is 23.4. The van der Waals surface area contributed by atoms with Gasteiger partial charge in [-0.2, -0.15) is 15.0 Å². The number of benzene rings is 2. The third kappa shape index (κ3) is 6.52. The molecular weight excluding hydrogens is 504 g/mol. The van der Waals surface area contributed by atoms with E-state index in [9.17, 15) is 20.1 Å². The lowest BCUT2D eigenvalue weighted by molar-refractivity contribution is 0.0644. The van der Waals surface area contributed by atoms with Gasteiger partial charge in [0.05, 0.1) is 12.2 Å². The van der Waals surface area contributed by atoms with Crippen molar-refractivity contribution in [2.24, 2.45) is 11.5 Å². The van der Waals surface area contributed by atoms with Gasteiger partial charge in [0.15, 0.2) is 0 Å². The largest absolute Gasteiger partial charge is 0.507 e. The van der Waals surface area contributed by atoms with Crippen molar-refractivity contribution in [2.75, 3.05) is 41.3 Å². The number of aromatic nitrogens is 3. The summed E-state index contributed by atoms with van der Waals surface area (Å²) in [7, 11) is 0. The van der Waals surface area contributed by atoms with Gasteiger partial charge in [0.1, 0.15) is 17.1 Å². The van der Waals surface area contributed by atoms with Crippen LogP contribution in [-0.4, -0.2) is 86.7 Å². The van der Waals surface area contributed by atoms with Gasteiger partial charge < -0.3 is 46.6 Å². The molecule has 0 saturated carbocycles. The second kappa shape index (κ2) is 11.4. The van der Waals surface area contributed by atoms with Crippen molar-refractivity contribution in [3.8, 4) is 11.5 Å². The molecule has 1 aromatic heterocycles. The van der Waals surface area contributed by atoms with Crippen LogP contribution in [0.1, 0.15) is 23.2 Å². The molecule has 0 unspecified atom stereocenters. The SMILES string of the molecule is N[C@@H]1C[C@H](N)CN(c2nc(Nc3ccc(C(=O)Oc4ccccc4)c(O)c3)nc(N3C[C@H](O)C[C@H](O)C3)n2)C1. The van der Waals surface area contributed by atoms with Crippen molar-refractivity contribution in [2.45, 2.75) is 37.1 Å². The number of nitrogens with two attached hydrogens (primary N) is 2. The van der Waals surface area contributed by atoms with Crippen LogP contribution in [0, 0.1) is 0 Å². The maximum absolute atomic E-state index is 12.5. The molecule has 0 spiro atoms. The lowest BCUT2D eigenvalue weighted by Gasteiger charge is -2.36. The van der Waals surface area contributed by atoms with Crippen molar-refractivity contribution in [3.63, 3.8) is 0 Å². The van der Waals surface area contributed by atoms with E-state index in [1.54, 1.807) is 41.3 Å². The van der Waals surface area contributed by atoms with Gasteiger partial charge in [0.2, 0.25) is 17.8 Å². The molecule has 206 valence electrons. The van der Waals surface area contributed by atoms with E-state index in [1.165, 1.54) is 12.1 Å². The summed E-state index contributed by atoms with van der Waals surface area (Å²) >= 11 is 0. The Morgan fingerprint density at radius 3 is 2.10 bits per heavy atom. The number of phenols is 1. The molecule has 0 bridgehead atoms. The molecule has 2 fully saturated rings. The minimum Gasteiger partial charge on any atom is -0.507 e. The molecule has 0 radical (unpaired) electrons. The summed E-state index contributed by atoms with van der Waals surface area (Å²) in [4.78, 5) is 29.8. The van der Waals surface area contributed by atoms with Crippen molar-refractivity contribution in [1.29, 1.82) is 0 Å². The number of aromatic hydroxyl groups is 1. The number of nitrogens with zero attached hydrogens (tertiary/aromatic N) is 5. The number of anilines is 4. The molecule has 3 aromatic rings. The van der Waals surface area contributed by atoms with Crippen LogP contribution < -0.4 is 31.3 Å². The highest BCUT2D eigenvalue weighted by molar-refractivity contribution is 5.94. The minimum atomic E-state index is -0.734. The number of hydrogen-bond donors (Lipinski definition) is 6. The monoisotopic (exact) mass is 536 g/mol. The van der Waals surface area contributed by atoms with Gasteiger partial charge >= 0.3 is 5.97 Å². The summed E-state index contributed by atoms with van der Waals surface area (Å²) in [6, 6.07) is 12.7. The Kier molecular flexibility index (Phi) is 7.74. The third-order valence-electron chi connectivity index (χ3n) is 6.53. The Labute approximate surface area is 225 Å². The van der Waals surface area contributed by atoms with Crippen LogP contribution in [0.4, 0.5) is 23.5 Å². The summed E-state index contributed by atoms with van der Waals surface area (Å²) in [5.41, 5.74) is 12.8. The summed E-state index contributed by atoms with van der Waals surface area (Å²) in [5, 5.41) is 34.0. The average molecular weight is 537 g/mol. The Hall–Kier alpha value is -4.04. The number of aliphatic hydroxyl groups excluding tert-OH is 2. The number of carbonyl (C=O) groups is 1. The van der Waals surface area contributed by atoms with E-state index in [0.717, 1.165) is 0 Å². The van der Waals surface area contributed by atoms with Gasteiger partial charge in [0.25, 0.3) is 0 Å². The quantitative estimate of drug-likeness (QED) is 0.186. The molecule has 39 heavy (non-hydrogen) atoms. The standard InChI is InChI=1S/C26H32N8O5/c27-15-8-16(28)12-33(11-15)25-30-24(31-26(32-25)34-13-18(35)10-19(36)14-34)29-17-6-7-21(22(37)9-17)23(38)39-20-4-2-1-3-5-20/h1-7,9,15-16,18-19,35-37H,8,10-14,27-28H2,(H,29,30,31,32)/t15-,16+,18-,19+. The molecule has 2 aliphatic heterocycles. The van der Waals surface area contributed by atoms with Crippen LogP contribution in [0.3, 0.4) is 0 Å². The number of nitrogens with one attached hydrogen (secondary N) is 1. The van der Waals surface area contributed by atoms with E-state index in [1.807, 2.05) is 4.90 Å². The number of phenolic OH excluding ortho intramolecular Hbond substituents is 1. The second-order valence-electron chi connectivity index (χ2n) is 9.93. The number of piperidine rings is 2. The fourth-order valence-corrected chi connectivity index (χ4v) is 4.81. The Bertz CT molecular complexity index is 1250. The topological polar surface area (TPSA) is 196 Å². The minimum absolute atomic E-state index is 0.00554. The maximum Gasteiger partial charge on any atom is 0.347 e. The van der Waals surface area contributed by atoms with Gasteiger partial charge in [-0.25, -0.2) is 4.79 Å². The van der Waals surface area contributed by atoms with Gasteiger partial charge in [0, 0.05) is 56.4 Å². The lowest BCUT2D eigenvalue weighted by atomic mass is 10.0. The Balaban J connectivity index is 1.41. The van der Waals surface area contributed by atoms with Gasteiger partial charge in [-0.15, -0.1) is 0 Å². The number of esters is 1. The zero-order valence-corrected chi connectivity index (χ0v) is 21.2. The van der Waals surface area contributed by atoms with E-state index in [2.05, 4.69) is 20.3 Å². The van der Waals surface area contributed by atoms with Crippen molar-refractivity contribution < 1.29 is 24.9 Å². The number of para-hydroxylation sites is 1. The van der Waals surface area contributed by atoms with Gasteiger partial charge in [-0.3, -0.25) is 0 Å². The number of carbonyl (C=O) groups excluding carboxylic acids is 1. The first-order chi connectivity index (χ1) is 18.7. The van der Waals surface area contributed by atoms with Crippen molar-refractivity contribution in [3.05, 3.63) is 54.1 Å². The highest BCUT2D eigenvalue weighted by Gasteiger charge is 2.29. The molecule has 0 amide bonds. The molecule has 8 N–H and O–H groups in total. The van der Waals surface area contributed by atoms with E-state index in [4.69, 9.17) is 16.2 Å². The number of hydrogen-bond acceptors (Lipinski definition) is 13. The number of ether oxygens (including phenoxy) is 1. The molecule has 3 heterocycles. The molecule has 13 heteroatoms. The fourth-order valence-electron chi connectivity index (χ4n) is 4.81. The fraction of sp³-hybridized carbons (Fsp3) is 0.385. The molecular formula is C26H32N8O5. The summed E-state index contributed by atoms with van der Waals surface area (Å²) in [5.74, 6) is 0.145. The third-order valence-corrected chi connectivity index (χ3v) is 6.53. The predicted octanol–water partition coefficient (Wildman–Crippen LogP) is 0.337. The molecule has 2 aliphatic rings. The van der Waals surface area contributed by atoms with Crippen molar-refractivity contribution in [1.82, 2.24) is 15.0 Å². The molecule has 13 nitrogen and oxygen atoms in total. The molecule has 4 atom stereocenters. The predicted molar refractivity (Wildman–Crippen MR) is 144 cm³/mol. The molecule has 5 rings (SSSR count). The lowest BCUT2D eigenvalue weighted by Crippen LogP contribution is -2.53. The van der Waals surface area contributed by atoms with E-state index in [0.29, 0.717) is 36.9 Å². The first-order valence-electron chi connectivity index (χ1n) is 12.7. The summed E-state index contributed by atoms with van der Waals surface area (Å²) < 4.78 is 5.32. The summed E-state index contributed by atoms with van der Waals surface area (Å²) in [6.45, 7) is 1.50. The van der Waals surface area contributed by atoms with Crippen LogP contribution >= 0.6 is 0 Å². The average Bonchev–Trinajstić information content (AvgIpc) is 2.88. The van der Waals surface area contributed by atoms with Crippen molar-refractivity contribution >= 4 is 29.5 Å². The molecule has 0 aliphatic carbocycles. The van der Waals surface area contributed by atoms with Gasteiger partial charge in [-0.05, 0) is 30.7 Å². The maximum atomic E-state index is 12.5. The van der Waals surface area contributed by atoms with E-state index >= 15 is 0 Å². The Morgan fingerprint density at radius 1 is 0.872 bits per heavy atom. The first-order valence-corrected chi connectivity index (χ1v) is 12.7. The van der Waals surface area contributed by atoms with Crippen LogP contribution in [0.5, 0.6) is 11.5 Å². The van der Waals surface area contributed by atoms with Crippen LogP contribution in [-0.2, 0) is 0 Å². The number of rotatable bonds is 6. The highest BCUT2D eigenvalue weighted by Crippen LogP contribution is 2.28. The Morgan fingerprint density at radius 2 is 1.49 bits per heavy atom. The second-order valence-corrected chi connectivity index (χ2v) is 9.93. The summed E-state index contributed by atoms with van der Waals surface area (Å²) in [6.07, 6.45) is -0.513. The van der Waals surface area contributed by atoms with E-state index < -0.39 is 18.2 Å². The van der Waals surface area contributed by atoms with Crippen LogP contribution in [0.15, 0.2) is 48.5 Å². The first kappa shape index (κ1) is 26.6. The number of aliphatic hydroxyl groups is 2. The zero-order valence-electron chi connectivity index (χ0n) is 21.2. The molecule has 2 saturated heterocycles. The van der Waals surface area contributed by atoms with E-state index in [-0.39, 0.29) is 54.8 Å². The highest BCUT2D eigenvalue weighted by atomic mass is 16.5. The van der Waals surface area contributed by atoms with Crippen LogP contribution in [0.2, 0.25) is 0 Å².